The summed E-state index contributed by atoms with van der Waals surface area (Å²) in [5.41, 5.74) is 1.26. The van der Waals surface area contributed by atoms with Gasteiger partial charge in [-0.05, 0) is 51.0 Å². The highest BCUT2D eigenvalue weighted by molar-refractivity contribution is 5.35. The molecule has 0 aromatic carbocycles. The first-order valence-electron chi connectivity index (χ1n) is 9.79. The fourth-order valence-corrected chi connectivity index (χ4v) is 3.56. The first kappa shape index (κ1) is 19.2. The standard InChI is InChI=1S/C20H36N4/c1-7-18-13-23(16(5)6)14-19(8-2)24(18)20-21-11-17(12-22-20)10-9-15(3)4/h11-12,15-16,18-19H,7-10,13-14H2,1-6H3. The lowest BCUT2D eigenvalue weighted by Gasteiger charge is -2.48. The summed E-state index contributed by atoms with van der Waals surface area (Å²) in [5.74, 6) is 1.65. The van der Waals surface area contributed by atoms with Gasteiger partial charge in [-0.2, -0.15) is 0 Å². The number of aryl methyl sites for hydroxylation is 1. The largest absolute Gasteiger partial charge is 0.332 e. The van der Waals surface area contributed by atoms with Crippen molar-refractivity contribution in [2.45, 2.75) is 85.4 Å². The van der Waals surface area contributed by atoms with Gasteiger partial charge in [0.2, 0.25) is 5.95 Å². The van der Waals surface area contributed by atoms with Gasteiger partial charge in [0.1, 0.15) is 0 Å². The van der Waals surface area contributed by atoms with E-state index < -0.39 is 0 Å². The minimum absolute atomic E-state index is 0.507. The van der Waals surface area contributed by atoms with Gasteiger partial charge < -0.3 is 4.90 Å². The molecule has 24 heavy (non-hydrogen) atoms. The van der Waals surface area contributed by atoms with E-state index in [9.17, 15) is 0 Å². The molecule has 0 saturated carbocycles. The van der Waals surface area contributed by atoms with Gasteiger partial charge in [0.15, 0.2) is 0 Å². The van der Waals surface area contributed by atoms with E-state index >= 15 is 0 Å². The smallest absolute Gasteiger partial charge is 0.225 e. The predicted molar refractivity (Wildman–Crippen MR) is 103 cm³/mol. The van der Waals surface area contributed by atoms with Gasteiger partial charge in [-0.15, -0.1) is 0 Å². The highest BCUT2D eigenvalue weighted by Gasteiger charge is 2.34. The third-order valence-corrected chi connectivity index (χ3v) is 5.28. The third-order valence-electron chi connectivity index (χ3n) is 5.28. The molecule has 0 radical (unpaired) electrons. The Kier molecular flexibility index (Phi) is 7.02. The van der Waals surface area contributed by atoms with Crippen molar-refractivity contribution in [1.82, 2.24) is 14.9 Å². The Morgan fingerprint density at radius 2 is 1.54 bits per heavy atom. The second-order valence-electron chi connectivity index (χ2n) is 7.90. The molecule has 0 aliphatic carbocycles. The molecule has 2 atom stereocenters. The van der Waals surface area contributed by atoms with Crippen LogP contribution in [0.3, 0.4) is 0 Å². The molecule has 0 bridgehead atoms. The molecule has 1 saturated heterocycles. The second kappa shape index (κ2) is 8.80. The van der Waals surface area contributed by atoms with Crippen molar-refractivity contribution < 1.29 is 0 Å². The molecule has 136 valence electrons. The van der Waals surface area contributed by atoms with Crippen LogP contribution in [0.4, 0.5) is 5.95 Å². The fourth-order valence-electron chi connectivity index (χ4n) is 3.56. The number of anilines is 1. The zero-order valence-electron chi connectivity index (χ0n) is 16.5. The molecule has 1 aromatic rings. The number of hydrogen-bond acceptors (Lipinski definition) is 4. The van der Waals surface area contributed by atoms with E-state index in [-0.39, 0.29) is 0 Å². The summed E-state index contributed by atoms with van der Waals surface area (Å²) in [6, 6.07) is 1.62. The minimum atomic E-state index is 0.507. The van der Waals surface area contributed by atoms with Crippen LogP contribution in [0.15, 0.2) is 12.4 Å². The molecule has 4 nitrogen and oxygen atoms in total. The van der Waals surface area contributed by atoms with E-state index in [1.165, 1.54) is 12.0 Å². The highest BCUT2D eigenvalue weighted by atomic mass is 15.4. The maximum atomic E-state index is 4.74. The number of hydrogen-bond donors (Lipinski definition) is 0. The van der Waals surface area contributed by atoms with Crippen molar-refractivity contribution in [2.75, 3.05) is 18.0 Å². The Labute approximate surface area is 148 Å². The minimum Gasteiger partial charge on any atom is -0.332 e. The molecule has 0 spiro atoms. The number of aromatic nitrogens is 2. The van der Waals surface area contributed by atoms with Crippen LogP contribution in [0.2, 0.25) is 0 Å². The van der Waals surface area contributed by atoms with Crippen molar-refractivity contribution in [3.05, 3.63) is 18.0 Å². The van der Waals surface area contributed by atoms with Gasteiger partial charge in [0, 0.05) is 43.6 Å². The molecule has 1 aliphatic rings. The van der Waals surface area contributed by atoms with Crippen LogP contribution >= 0.6 is 0 Å². The summed E-state index contributed by atoms with van der Waals surface area (Å²) in [6.45, 7) is 15.9. The molecule has 2 rings (SSSR count). The summed E-state index contributed by atoms with van der Waals surface area (Å²) in [5, 5.41) is 0. The zero-order valence-corrected chi connectivity index (χ0v) is 16.5. The molecule has 0 amide bonds. The van der Waals surface area contributed by atoms with Gasteiger partial charge in [0.25, 0.3) is 0 Å². The molecule has 1 aliphatic heterocycles. The van der Waals surface area contributed by atoms with E-state index in [0.29, 0.717) is 18.1 Å². The first-order valence-corrected chi connectivity index (χ1v) is 9.79. The average molecular weight is 333 g/mol. The third kappa shape index (κ3) is 4.69. The van der Waals surface area contributed by atoms with Crippen LogP contribution < -0.4 is 4.90 Å². The molecule has 2 unspecified atom stereocenters. The number of nitrogens with zero attached hydrogens (tertiary/aromatic N) is 4. The molecule has 1 aromatic heterocycles. The Morgan fingerprint density at radius 3 is 1.96 bits per heavy atom. The first-order chi connectivity index (χ1) is 11.5. The maximum absolute atomic E-state index is 4.74. The fraction of sp³-hybridized carbons (Fsp3) is 0.800. The van der Waals surface area contributed by atoms with E-state index in [4.69, 9.17) is 9.97 Å². The van der Waals surface area contributed by atoms with Crippen molar-refractivity contribution in [3.8, 4) is 0 Å². The van der Waals surface area contributed by atoms with Gasteiger partial charge >= 0.3 is 0 Å². The second-order valence-corrected chi connectivity index (χ2v) is 7.90. The van der Waals surface area contributed by atoms with Crippen LogP contribution in [0.25, 0.3) is 0 Å². The van der Waals surface area contributed by atoms with Gasteiger partial charge in [-0.25, -0.2) is 9.97 Å². The predicted octanol–water partition coefficient (Wildman–Crippen LogP) is 4.15. The Balaban J connectivity index is 2.15. The van der Waals surface area contributed by atoms with E-state index in [2.05, 4.69) is 51.3 Å². The molecular formula is C20H36N4. The van der Waals surface area contributed by atoms with Crippen molar-refractivity contribution >= 4 is 5.95 Å². The Hall–Kier alpha value is -1.16. The Bertz CT molecular complexity index is 469. The monoisotopic (exact) mass is 332 g/mol. The number of piperazine rings is 1. The van der Waals surface area contributed by atoms with Crippen LogP contribution in [0.5, 0.6) is 0 Å². The average Bonchev–Trinajstić information content (AvgIpc) is 2.59. The highest BCUT2D eigenvalue weighted by Crippen LogP contribution is 2.26. The lowest BCUT2D eigenvalue weighted by atomic mass is 10.0. The van der Waals surface area contributed by atoms with Crippen LogP contribution in [-0.2, 0) is 6.42 Å². The summed E-state index contributed by atoms with van der Waals surface area (Å²) >= 11 is 0. The van der Waals surface area contributed by atoms with Crippen LogP contribution in [0.1, 0.15) is 66.4 Å². The molecule has 1 fully saturated rings. The quantitative estimate of drug-likeness (QED) is 0.751. The van der Waals surface area contributed by atoms with Crippen molar-refractivity contribution in [1.29, 1.82) is 0 Å². The zero-order chi connectivity index (χ0) is 17.7. The molecule has 2 heterocycles. The van der Waals surface area contributed by atoms with E-state index in [0.717, 1.165) is 44.2 Å². The van der Waals surface area contributed by atoms with E-state index in [1.54, 1.807) is 0 Å². The normalized spacial score (nSPS) is 22.6. The SMILES string of the molecule is CCC1CN(C(C)C)CC(CC)N1c1ncc(CCC(C)C)cn1. The summed E-state index contributed by atoms with van der Waals surface area (Å²) < 4.78 is 0. The van der Waals surface area contributed by atoms with Gasteiger partial charge in [-0.3, -0.25) is 4.90 Å². The van der Waals surface area contributed by atoms with Gasteiger partial charge in [0.05, 0.1) is 0 Å². The van der Waals surface area contributed by atoms with Crippen molar-refractivity contribution in [3.63, 3.8) is 0 Å². The molecular weight excluding hydrogens is 296 g/mol. The number of rotatable bonds is 7. The lowest BCUT2D eigenvalue weighted by Crippen LogP contribution is -2.60. The molecule has 0 N–H and O–H groups in total. The Morgan fingerprint density at radius 1 is 1.00 bits per heavy atom. The maximum Gasteiger partial charge on any atom is 0.225 e. The van der Waals surface area contributed by atoms with E-state index in [1.807, 2.05) is 12.4 Å². The summed E-state index contributed by atoms with van der Waals surface area (Å²) in [7, 11) is 0. The van der Waals surface area contributed by atoms with Crippen LogP contribution in [-0.4, -0.2) is 46.1 Å². The lowest BCUT2D eigenvalue weighted by molar-refractivity contribution is 0.147. The van der Waals surface area contributed by atoms with Crippen molar-refractivity contribution in [2.24, 2.45) is 5.92 Å². The summed E-state index contributed by atoms with van der Waals surface area (Å²) in [4.78, 5) is 14.6. The topological polar surface area (TPSA) is 32.3 Å². The van der Waals surface area contributed by atoms with Gasteiger partial charge in [-0.1, -0.05) is 27.7 Å². The van der Waals surface area contributed by atoms with Crippen LogP contribution in [0, 0.1) is 5.92 Å². The summed E-state index contributed by atoms with van der Waals surface area (Å²) in [6.07, 6.45) is 8.63. The molecule has 4 heteroatoms.